The number of benzene rings is 2. The first-order valence-electron chi connectivity index (χ1n) is 9.61. The third-order valence-corrected chi connectivity index (χ3v) is 5.05. The number of hydrogen-bond acceptors (Lipinski definition) is 4. The molecule has 6 heteroatoms. The lowest BCUT2D eigenvalue weighted by atomic mass is 9.97. The Hall–Kier alpha value is -3.12. The van der Waals surface area contributed by atoms with E-state index in [-0.39, 0.29) is 24.9 Å². The second-order valence-corrected chi connectivity index (χ2v) is 7.07. The molecule has 1 unspecified atom stereocenters. The van der Waals surface area contributed by atoms with Crippen LogP contribution in [-0.2, 0) is 4.79 Å². The van der Waals surface area contributed by atoms with Crippen LogP contribution in [0.3, 0.4) is 0 Å². The van der Waals surface area contributed by atoms with Crippen LogP contribution in [-0.4, -0.2) is 40.7 Å². The number of nitrogens with zero attached hydrogens (tertiary/aromatic N) is 2. The highest BCUT2D eigenvalue weighted by Crippen LogP contribution is 2.33. The Balaban J connectivity index is 1.97. The number of hydrogen-bond donors (Lipinski definition) is 2. The van der Waals surface area contributed by atoms with Crippen LogP contribution in [0.2, 0.25) is 0 Å². The van der Waals surface area contributed by atoms with E-state index in [4.69, 9.17) is 5.73 Å². The number of halogens is 1. The van der Waals surface area contributed by atoms with Gasteiger partial charge < -0.3 is 10.8 Å². The van der Waals surface area contributed by atoms with Crippen LogP contribution in [0.15, 0.2) is 60.3 Å². The summed E-state index contributed by atoms with van der Waals surface area (Å²) < 4.78 is 13.8. The van der Waals surface area contributed by atoms with Crippen LogP contribution in [0.4, 0.5) is 4.39 Å². The normalized spacial score (nSPS) is 17.5. The van der Waals surface area contributed by atoms with E-state index in [1.807, 2.05) is 42.5 Å². The lowest BCUT2D eigenvalue weighted by Gasteiger charge is -2.43. The number of carbonyl (C=O) groups excluding carboxylic acids is 1. The van der Waals surface area contributed by atoms with Gasteiger partial charge in [-0.15, -0.1) is 0 Å². The Kier molecular flexibility index (Phi) is 6.34. The summed E-state index contributed by atoms with van der Waals surface area (Å²) in [6, 6.07) is 14.6. The Morgan fingerprint density at radius 2 is 1.90 bits per heavy atom. The molecule has 0 aliphatic carbocycles. The van der Waals surface area contributed by atoms with Crippen molar-refractivity contribution in [1.82, 2.24) is 10.0 Å². The zero-order valence-electron chi connectivity index (χ0n) is 16.7. The first-order valence-corrected chi connectivity index (χ1v) is 9.61. The lowest BCUT2D eigenvalue weighted by Crippen LogP contribution is -2.53. The molecule has 0 aromatic heterocycles. The van der Waals surface area contributed by atoms with Crippen molar-refractivity contribution < 1.29 is 14.3 Å². The summed E-state index contributed by atoms with van der Waals surface area (Å²) >= 11 is 0. The molecule has 2 aromatic rings. The third-order valence-electron chi connectivity index (χ3n) is 5.05. The van der Waals surface area contributed by atoms with Gasteiger partial charge in [0, 0.05) is 11.3 Å². The number of aryl methyl sites for hydroxylation is 1. The van der Waals surface area contributed by atoms with Gasteiger partial charge in [-0.05, 0) is 43.2 Å². The number of β-amino-alcohol motifs (C(OH)–C–C–N with tert-alkyl or cyclic N) is 1. The maximum atomic E-state index is 13.8. The van der Waals surface area contributed by atoms with Gasteiger partial charge in [0.05, 0.1) is 31.3 Å². The van der Waals surface area contributed by atoms with Gasteiger partial charge in [0.1, 0.15) is 5.82 Å². The van der Waals surface area contributed by atoms with Gasteiger partial charge in [0.15, 0.2) is 0 Å². The summed E-state index contributed by atoms with van der Waals surface area (Å²) in [5.74, 6) is -0.962. The molecule has 1 aliphatic heterocycles. The molecule has 152 valence electrons. The molecule has 5 nitrogen and oxygen atoms in total. The molecule has 0 radical (unpaired) electrons. The van der Waals surface area contributed by atoms with Crippen LogP contribution in [0.1, 0.15) is 23.6 Å². The number of amides is 1. The number of aliphatic hydroxyl groups is 1. The lowest BCUT2D eigenvalue weighted by molar-refractivity contribution is -0.147. The second-order valence-electron chi connectivity index (χ2n) is 7.07. The van der Waals surface area contributed by atoms with Crippen LogP contribution in [0.5, 0.6) is 0 Å². The van der Waals surface area contributed by atoms with Gasteiger partial charge in [0.2, 0.25) is 5.91 Å². The van der Waals surface area contributed by atoms with Gasteiger partial charge in [0.25, 0.3) is 0 Å². The van der Waals surface area contributed by atoms with E-state index in [1.165, 1.54) is 6.07 Å². The highest BCUT2D eigenvalue weighted by molar-refractivity contribution is 5.88. The minimum atomic E-state index is -0.518. The molecule has 0 bridgehead atoms. The highest BCUT2D eigenvalue weighted by Gasteiger charge is 2.36. The summed E-state index contributed by atoms with van der Waals surface area (Å²) in [6.45, 7) is 3.82. The van der Waals surface area contributed by atoms with Gasteiger partial charge in [-0.25, -0.2) is 9.40 Å². The molecule has 3 N–H and O–H groups in total. The van der Waals surface area contributed by atoms with E-state index in [2.05, 4.69) is 0 Å². The van der Waals surface area contributed by atoms with Crippen molar-refractivity contribution in [2.45, 2.75) is 13.8 Å². The molecule has 1 atom stereocenters. The van der Waals surface area contributed by atoms with Crippen molar-refractivity contribution in [2.24, 2.45) is 11.7 Å². The summed E-state index contributed by atoms with van der Waals surface area (Å²) in [5, 5.41) is 12.9. The number of aliphatic hydroxyl groups excluding tert-OH is 1. The zero-order chi connectivity index (χ0) is 21.0. The molecular formula is C23H26FN3O2. The van der Waals surface area contributed by atoms with Crippen molar-refractivity contribution in [2.75, 3.05) is 19.7 Å². The van der Waals surface area contributed by atoms with E-state index in [0.717, 1.165) is 5.56 Å². The van der Waals surface area contributed by atoms with Gasteiger partial charge in [-0.1, -0.05) is 42.5 Å². The van der Waals surface area contributed by atoms with Crippen molar-refractivity contribution in [3.63, 3.8) is 0 Å². The number of carbonyl (C=O) groups is 1. The van der Waals surface area contributed by atoms with E-state index < -0.39 is 5.92 Å². The molecule has 1 aliphatic rings. The first-order chi connectivity index (χ1) is 13.9. The summed E-state index contributed by atoms with van der Waals surface area (Å²) in [5.41, 5.74) is 9.61. The maximum absolute atomic E-state index is 13.8. The Labute approximate surface area is 170 Å². The molecule has 3 rings (SSSR count). The summed E-state index contributed by atoms with van der Waals surface area (Å²) in [7, 11) is 0. The fraction of sp³-hybridized carbons (Fsp3) is 0.261. The maximum Gasteiger partial charge on any atom is 0.250 e. The molecule has 0 saturated carbocycles. The minimum Gasteiger partial charge on any atom is -0.400 e. The highest BCUT2D eigenvalue weighted by atomic mass is 19.1. The van der Waals surface area contributed by atoms with Gasteiger partial charge in [-0.3, -0.25) is 9.80 Å². The van der Waals surface area contributed by atoms with E-state index >= 15 is 0 Å². The molecular weight excluding hydrogens is 369 g/mol. The van der Waals surface area contributed by atoms with Crippen molar-refractivity contribution >= 4 is 17.7 Å². The van der Waals surface area contributed by atoms with Crippen LogP contribution < -0.4 is 5.73 Å². The number of hydrazine groups is 1. The molecule has 0 fully saturated rings. The molecule has 29 heavy (non-hydrogen) atoms. The fourth-order valence-electron chi connectivity index (χ4n) is 3.43. The topological polar surface area (TPSA) is 69.8 Å². The Morgan fingerprint density at radius 1 is 1.17 bits per heavy atom. The van der Waals surface area contributed by atoms with E-state index in [9.17, 15) is 14.3 Å². The smallest absolute Gasteiger partial charge is 0.250 e. The van der Waals surface area contributed by atoms with Crippen LogP contribution in [0, 0.1) is 18.7 Å². The molecule has 1 heterocycles. The average Bonchev–Trinajstić information content (AvgIpc) is 2.72. The standard InChI is InChI=1S/C23H26FN3O2/c1-16-15-19(10-11-20(16)24)22-21(25)17(2)23(29)27(26(22)13-14-28)12-6-9-18-7-4-3-5-8-18/h3-11,15,17,28H,12-14,25H2,1-2H3. The van der Waals surface area contributed by atoms with Crippen molar-refractivity contribution in [3.8, 4) is 0 Å². The van der Waals surface area contributed by atoms with Crippen LogP contribution in [0.25, 0.3) is 11.8 Å². The SMILES string of the molecule is Cc1cc(C2=C(N)C(C)C(=O)N(CC=Cc3ccccc3)N2CCO)ccc1F. The molecule has 0 spiro atoms. The molecule has 2 aromatic carbocycles. The Bertz CT molecular complexity index is 940. The van der Waals surface area contributed by atoms with Gasteiger partial charge >= 0.3 is 0 Å². The summed E-state index contributed by atoms with van der Waals surface area (Å²) in [4.78, 5) is 13.0. The predicted molar refractivity (Wildman–Crippen MR) is 112 cm³/mol. The third kappa shape index (κ3) is 4.32. The average molecular weight is 395 g/mol. The quantitative estimate of drug-likeness (QED) is 0.788. The second kappa shape index (κ2) is 8.92. The largest absolute Gasteiger partial charge is 0.400 e. The first kappa shape index (κ1) is 20.6. The van der Waals surface area contributed by atoms with Gasteiger partial charge in [-0.2, -0.15) is 0 Å². The number of rotatable bonds is 6. The van der Waals surface area contributed by atoms with E-state index in [1.54, 1.807) is 36.0 Å². The predicted octanol–water partition coefficient (Wildman–Crippen LogP) is 3.16. The summed E-state index contributed by atoms with van der Waals surface area (Å²) in [6.07, 6.45) is 3.85. The van der Waals surface area contributed by atoms with Crippen LogP contribution >= 0.6 is 0 Å². The minimum absolute atomic E-state index is 0.142. The number of nitrogens with two attached hydrogens (primary N) is 1. The monoisotopic (exact) mass is 395 g/mol. The molecule has 0 saturated heterocycles. The Morgan fingerprint density at radius 3 is 2.55 bits per heavy atom. The fourth-order valence-corrected chi connectivity index (χ4v) is 3.43. The van der Waals surface area contributed by atoms with E-state index in [0.29, 0.717) is 29.1 Å². The van der Waals surface area contributed by atoms with Crippen molar-refractivity contribution in [1.29, 1.82) is 0 Å². The molecule has 1 amide bonds. The van der Waals surface area contributed by atoms with Crippen molar-refractivity contribution in [3.05, 3.63) is 82.8 Å². The zero-order valence-corrected chi connectivity index (χ0v) is 16.7.